The van der Waals surface area contributed by atoms with Crippen LogP contribution in [0.15, 0.2) is 24.8 Å². The lowest BCUT2D eigenvalue weighted by atomic mass is 10.1. The van der Waals surface area contributed by atoms with Gasteiger partial charge in [-0.05, 0) is 30.5 Å². The molecule has 2 rings (SSSR count). The second kappa shape index (κ2) is 4.58. The summed E-state index contributed by atoms with van der Waals surface area (Å²) in [5.41, 5.74) is 1.69. The van der Waals surface area contributed by atoms with Crippen LogP contribution in [0.4, 0.5) is 5.69 Å². The Morgan fingerprint density at radius 1 is 1.56 bits per heavy atom. The van der Waals surface area contributed by atoms with E-state index in [1.165, 1.54) is 6.08 Å². The maximum atomic E-state index is 11.2. The number of anilines is 1. The first kappa shape index (κ1) is 11.0. The summed E-state index contributed by atoms with van der Waals surface area (Å²) in [6.45, 7) is 4.12. The van der Waals surface area contributed by atoms with Crippen molar-refractivity contribution >= 4 is 23.2 Å². The molecule has 3 nitrogen and oxygen atoms in total. The normalized spacial score (nSPS) is 13.6. The highest BCUT2D eigenvalue weighted by Gasteiger charge is 2.14. The van der Waals surface area contributed by atoms with E-state index >= 15 is 0 Å². The highest BCUT2D eigenvalue weighted by Crippen LogP contribution is 2.33. The van der Waals surface area contributed by atoms with E-state index in [9.17, 15) is 4.79 Å². The average Bonchev–Trinajstić information content (AvgIpc) is 2.30. The standard InChI is InChI=1S/C12H12ClNO2/c1-2-12(15)14-10-6-8-4-3-5-16-11(8)7-9(10)13/h2,6-7H,1,3-5H2,(H,14,15). The number of benzene rings is 1. The quantitative estimate of drug-likeness (QED) is 0.804. The highest BCUT2D eigenvalue weighted by molar-refractivity contribution is 6.34. The zero-order valence-electron chi connectivity index (χ0n) is 8.75. The van der Waals surface area contributed by atoms with Gasteiger partial charge in [0.1, 0.15) is 5.75 Å². The molecule has 16 heavy (non-hydrogen) atoms. The molecule has 4 heteroatoms. The van der Waals surface area contributed by atoms with Crippen molar-refractivity contribution in [1.82, 2.24) is 0 Å². The fourth-order valence-corrected chi connectivity index (χ4v) is 1.85. The third kappa shape index (κ3) is 2.19. The van der Waals surface area contributed by atoms with Gasteiger partial charge in [0, 0.05) is 6.07 Å². The van der Waals surface area contributed by atoms with Crippen molar-refractivity contribution in [3.8, 4) is 5.75 Å². The molecule has 84 valence electrons. The topological polar surface area (TPSA) is 38.3 Å². The van der Waals surface area contributed by atoms with E-state index in [2.05, 4.69) is 11.9 Å². The van der Waals surface area contributed by atoms with Crippen LogP contribution in [0.2, 0.25) is 5.02 Å². The molecule has 1 N–H and O–H groups in total. The molecule has 0 aliphatic carbocycles. The number of rotatable bonds is 2. The minimum absolute atomic E-state index is 0.265. The monoisotopic (exact) mass is 237 g/mol. The minimum Gasteiger partial charge on any atom is -0.493 e. The van der Waals surface area contributed by atoms with E-state index < -0.39 is 0 Å². The van der Waals surface area contributed by atoms with Gasteiger partial charge in [-0.15, -0.1) is 0 Å². The number of halogens is 1. The van der Waals surface area contributed by atoms with Gasteiger partial charge in [-0.25, -0.2) is 0 Å². The van der Waals surface area contributed by atoms with Gasteiger partial charge >= 0.3 is 0 Å². The Hall–Kier alpha value is -1.48. The fourth-order valence-electron chi connectivity index (χ4n) is 1.65. The lowest BCUT2D eigenvalue weighted by Crippen LogP contribution is -2.11. The Kier molecular flexibility index (Phi) is 3.15. The molecule has 0 spiro atoms. The van der Waals surface area contributed by atoms with Gasteiger partial charge in [0.25, 0.3) is 0 Å². The molecule has 1 aromatic carbocycles. The first-order valence-electron chi connectivity index (χ1n) is 5.09. The predicted molar refractivity (Wildman–Crippen MR) is 64.1 cm³/mol. The van der Waals surface area contributed by atoms with Crippen LogP contribution < -0.4 is 10.1 Å². The van der Waals surface area contributed by atoms with Crippen LogP contribution in [0.1, 0.15) is 12.0 Å². The number of hydrogen-bond donors (Lipinski definition) is 1. The summed E-state index contributed by atoms with van der Waals surface area (Å²) < 4.78 is 5.47. The molecule has 0 radical (unpaired) electrons. The molecular formula is C12H12ClNO2. The van der Waals surface area contributed by atoms with Crippen molar-refractivity contribution in [3.63, 3.8) is 0 Å². The van der Waals surface area contributed by atoms with E-state index in [0.29, 0.717) is 10.7 Å². The lowest BCUT2D eigenvalue weighted by Gasteiger charge is -2.19. The van der Waals surface area contributed by atoms with Crippen molar-refractivity contribution in [1.29, 1.82) is 0 Å². The van der Waals surface area contributed by atoms with Crippen molar-refractivity contribution < 1.29 is 9.53 Å². The smallest absolute Gasteiger partial charge is 0.247 e. The number of aryl methyl sites for hydroxylation is 1. The summed E-state index contributed by atoms with van der Waals surface area (Å²) in [6.07, 6.45) is 3.15. The number of fused-ring (bicyclic) bond motifs is 1. The SMILES string of the molecule is C=CC(=O)Nc1cc2c(cc1Cl)OCCC2. The first-order valence-corrected chi connectivity index (χ1v) is 5.47. The zero-order chi connectivity index (χ0) is 11.5. The van der Waals surface area contributed by atoms with E-state index in [1.807, 2.05) is 6.07 Å². The number of ether oxygens (including phenoxy) is 1. The summed E-state index contributed by atoms with van der Waals surface area (Å²) in [5, 5.41) is 3.15. The minimum atomic E-state index is -0.265. The molecule has 0 saturated heterocycles. The first-order chi connectivity index (χ1) is 7.70. The van der Waals surface area contributed by atoms with Gasteiger partial charge < -0.3 is 10.1 Å². The highest BCUT2D eigenvalue weighted by atomic mass is 35.5. The Bertz CT molecular complexity index is 443. The van der Waals surface area contributed by atoms with E-state index in [1.54, 1.807) is 6.07 Å². The van der Waals surface area contributed by atoms with Crippen LogP contribution in [0, 0.1) is 0 Å². The van der Waals surface area contributed by atoms with Crippen molar-refractivity contribution in [2.45, 2.75) is 12.8 Å². The van der Waals surface area contributed by atoms with Crippen LogP contribution in [-0.4, -0.2) is 12.5 Å². The number of hydrogen-bond acceptors (Lipinski definition) is 2. The van der Waals surface area contributed by atoms with Crippen LogP contribution in [-0.2, 0) is 11.2 Å². The van der Waals surface area contributed by atoms with E-state index in [-0.39, 0.29) is 5.91 Å². The largest absolute Gasteiger partial charge is 0.493 e. The Balaban J connectivity index is 2.32. The van der Waals surface area contributed by atoms with Gasteiger partial charge in [-0.3, -0.25) is 4.79 Å². The molecule has 1 aliphatic heterocycles. The van der Waals surface area contributed by atoms with E-state index in [0.717, 1.165) is 30.8 Å². The zero-order valence-corrected chi connectivity index (χ0v) is 9.51. The Morgan fingerprint density at radius 3 is 3.12 bits per heavy atom. The lowest BCUT2D eigenvalue weighted by molar-refractivity contribution is -0.111. The molecule has 1 heterocycles. The molecule has 0 bridgehead atoms. The molecule has 1 amide bonds. The third-order valence-corrected chi connectivity index (χ3v) is 2.75. The summed E-state index contributed by atoms with van der Waals surface area (Å²) in [4.78, 5) is 11.2. The molecular weight excluding hydrogens is 226 g/mol. The molecule has 0 atom stereocenters. The summed E-state index contributed by atoms with van der Waals surface area (Å²) in [7, 11) is 0. The maximum Gasteiger partial charge on any atom is 0.247 e. The average molecular weight is 238 g/mol. The van der Waals surface area contributed by atoms with E-state index in [4.69, 9.17) is 16.3 Å². The summed E-state index contributed by atoms with van der Waals surface area (Å²) in [5.74, 6) is 0.548. The molecule has 0 unspecified atom stereocenters. The van der Waals surface area contributed by atoms with Gasteiger partial charge in [-0.2, -0.15) is 0 Å². The summed E-state index contributed by atoms with van der Waals surface area (Å²) in [6, 6.07) is 3.60. The van der Waals surface area contributed by atoms with Gasteiger partial charge in [0.15, 0.2) is 0 Å². The third-order valence-electron chi connectivity index (χ3n) is 2.44. The van der Waals surface area contributed by atoms with Gasteiger partial charge in [0.2, 0.25) is 5.91 Å². The number of carbonyl (C=O) groups excluding carboxylic acids is 1. The maximum absolute atomic E-state index is 11.2. The van der Waals surface area contributed by atoms with Gasteiger partial charge in [-0.1, -0.05) is 18.2 Å². The van der Waals surface area contributed by atoms with Crippen molar-refractivity contribution in [2.75, 3.05) is 11.9 Å². The summed E-state index contributed by atoms with van der Waals surface area (Å²) >= 11 is 6.03. The van der Waals surface area contributed by atoms with Crippen molar-refractivity contribution in [3.05, 3.63) is 35.4 Å². The van der Waals surface area contributed by atoms with Crippen LogP contribution >= 0.6 is 11.6 Å². The van der Waals surface area contributed by atoms with Crippen LogP contribution in [0.5, 0.6) is 5.75 Å². The Labute approximate surface area is 99.1 Å². The number of nitrogens with one attached hydrogen (secondary N) is 1. The fraction of sp³-hybridized carbons (Fsp3) is 0.250. The molecule has 0 aromatic heterocycles. The van der Waals surface area contributed by atoms with Crippen molar-refractivity contribution in [2.24, 2.45) is 0 Å². The van der Waals surface area contributed by atoms with Crippen LogP contribution in [0.25, 0.3) is 0 Å². The van der Waals surface area contributed by atoms with Gasteiger partial charge in [0.05, 0.1) is 17.3 Å². The molecule has 1 aliphatic rings. The Morgan fingerprint density at radius 2 is 2.38 bits per heavy atom. The second-order valence-electron chi connectivity index (χ2n) is 3.59. The molecule has 0 saturated carbocycles. The van der Waals surface area contributed by atoms with Crippen LogP contribution in [0.3, 0.4) is 0 Å². The molecule has 1 aromatic rings. The number of amides is 1. The second-order valence-corrected chi connectivity index (χ2v) is 3.99. The predicted octanol–water partition coefficient (Wildman–Crippen LogP) is 2.79. The number of carbonyl (C=O) groups is 1. The molecule has 0 fully saturated rings.